The highest BCUT2D eigenvalue weighted by molar-refractivity contribution is 6.31. The Bertz CT molecular complexity index is 742. The van der Waals surface area contributed by atoms with Gasteiger partial charge in [-0.2, -0.15) is 0 Å². The van der Waals surface area contributed by atoms with Crippen LogP contribution in [0.4, 0.5) is 5.69 Å². The molecular weight excluding hydrogens is 290 g/mol. The monoisotopic (exact) mass is 301 g/mol. The van der Waals surface area contributed by atoms with Crippen LogP contribution in [0.3, 0.4) is 0 Å². The van der Waals surface area contributed by atoms with Gasteiger partial charge >= 0.3 is 0 Å². The van der Waals surface area contributed by atoms with E-state index in [0.29, 0.717) is 24.8 Å². The van der Waals surface area contributed by atoms with E-state index in [1.54, 1.807) is 12.1 Å². The van der Waals surface area contributed by atoms with Crippen molar-refractivity contribution in [3.63, 3.8) is 0 Å². The van der Waals surface area contributed by atoms with Gasteiger partial charge in [-0.3, -0.25) is 0 Å². The van der Waals surface area contributed by atoms with Gasteiger partial charge < -0.3 is 14.2 Å². The molecule has 4 rings (SSSR count). The zero-order valence-electron chi connectivity index (χ0n) is 11.1. The molecule has 0 spiro atoms. The Morgan fingerprint density at radius 3 is 2.57 bits per heavy atom. The molecule has 0 amide bonds. The van der Waals surface area contributed by atoms with Gasteiger partial charge in [0, 0.05) is 10.6 Å². The summed E-state index contributed by atoms with van der Waals surface area (Å²) in [4.78, 5) is 4.64. The summed E-state index contributed by atoms with van der Waals surface area (Å²) in [6.07, 6.45) is 0. The minimum Gasteiger partial charge on any atom is -0.486 e. The summed E-state index contributed by atoms with van der Waals surface area (Å²) in [6.45, 7) is 1.58. The van der Waals surface area contributed by atoms with Crippen LogP contribution in [0.5, 0.6) is 17.2 Å². The molecule has 0 unspecified atom stereocenters. The van der Waals surface area contributed by atoms with Gasteiger partial charge in [0.15, 0.2) is 11.5 Å². The highest BCUT2D eigenvalue weighted by Crippen LogP contribution is 2.36. The molecule has 0 saturated carbocycles. The number of halogens is 1. The molecule has 21 heavy (non-hydrogen) atoms. The predicted molar refractivity (Wildman–Crippen MR) is 80.6 cm³/mol. The molecule has 2 aliphatic heterocycles. The van der Waals surface area contributed by atoms with Crippen LogP contribution in [-0.2, 0) is 0 Å². The molecule has 2 aliphatic rings. The standard InChI is InChI=1S/C16H12ClNO3/c17-11-2-4-14-12(8-11)18-13(9-21-14)10-1-3-15-16(7-10)20-6-5-19-15/h1-4,7-8H,5-6,9H2. The Balaban J connectivity index is 1.74. The lowest BCUT2D eigenvalue weighted by Gasteiger charge is -2.21. The van der Waals surface area contributed by atoms with E-state index in [1.807, 2.05) is 24.3 Å². The first-order valence-electron chi connectivity index (χ1n) is 6.69. The van der Waals surface area contributed by atoms with E-state index >= 15 is 0 Å². The van der Waals surface area contributed by atoms with Gasteiger partial charge in [0.1, 0.15) is 31.3 Å². The van der Waals surface area contributed by atoms with E-state index in [1.165, 1.54) is 0 Å². The van der Waals surface area contributed by atoms with Crippen molar-refractivity contribution in [2.75, 3.05) is 19.8 Å². The average Bonchev–Trinajstić information content (AvgIpc) is 2.53. The summed E-state index contributed by atoms with van der Waals surface area (Å²) in [6, 6.07) is 11.2. The first-order valence-corrected chi connectivity index (χ1v) is 7.07. The number of benzene rings is 2. The van der Waals surface area contributed by atoms with Gasteiger partial charge in [-0.15, -0.1) is 0 Å². The largest absolute Gasteiger partial charge is 0.486 e. The van der Waals surface area contributed by atoms with Crippen molar-refractivity contribution in [3.05, 3.63) is 47.0 Å². The maximum atomic E-state index is 6.00. The van der Waals surface area contributed by atoms with Gasteiger partial charge in [-0.05, 0) is 36.4 Å². The van der Waals surface area contributed by atoms with Crippen LogP contribution in [0.1, 0.15) is 5.56 Å². The number of hydrogen-bond donors (Lipinski definition) is 0. The number of aliphatic imine (C=N–C) groups is 1. The topological polar surface area (TPSA) is 40.0 Å². The SMILES string of the molecule is Clc1ccc2c(c1)N=C(c1ccc3c(c1)OCCO3)CO2. The Hall–Kier alpha value is -2.20. The molecule has 0 aliphatic carbocycles. The zero-order chi connectivity index (χ0) is 14.2. The summed E-state index contributed by atoms with van der Waals surface area (Å²) in [5.74, 6) is 2.27. The molecule has 106 valence electrons. The predicted octanol–water partition coefficient (Wildman–Crippen LogP) is 3.62. The Kier molecular flexibility index (Phi) is 2.97. The third kappa shape index (κ3) is 2.32. The van der Waals surface area contributed by atoms with E-state index in [2.05, 4.69) is 4.99 Å². The molecule has 4 nitrogen and oxygen atoms in total. The van der Waals surface area contributed by atoms with Crippen molar-refractivity contribution >= 4 is 23.0 Å². The van der Waals surface area contributed by atoms with Gasteiger partial charge in [-0.25, -0.2) is 4.99 Å². The molecule has 5 heteroatoms. The molecule has 0 saturated heterocycles. The van der Waals surface area contributed by atoms with Crippen LogP contribution < -0.4 is 14.2 Å². The molecule has 0 aromatic heterocycles. The molecule has 0 radical (unpaired) electrons. The molecule has 2 aromatic rings. The van der Waals surface area contributed by atoms with Crippen molar-refractivity contribution in [2.24, 2.45) is 4.99 Å². The summed E-state index contributed by atoms with van der Waals surface area (Å²) < 4.78 is 16.9. The summed E-state index contributed by atoms with van der Waals surface area (Å²) in [5.41, 5.74) is 2.56. The third-order valence-corrected chi connectivity index (χ3v) is 3.65. The zero-order valence-corrected chi connectivity index (χ0v) is 11.9. The fourth-order valence-corrected chi connectivity index (χ4v) is 2.56. The normalized spacial score (nSPS) is 15.8. The van der Waals surface area contributed by atoms with Crippen molar-refractivity contribution < 1.29 is 14.2 Å². The maximum absolute atomic E-state index is 6.00. The van der Waals surface area contributed by atoms with Crippen molar-refractivity contribution in [3.8, 4) is 17.2 Å². The van der Waals surface area contributed by atoms with Gasteiger partial charge in [0.2, 0.25) is 0 Å². The summed E-state index contributed by atoms with van der Waals surface area (Å²) >= 11 is 6.00. The van der Waals surface area contributed by atoms with Crippen molar-refractivity contribution in [2.45, 2.75) is 0 Å². The second-order valence-corrected chi connectivity index (χ2v) is 5.25. The van der Waals surface area contributed by atoms with Crippen LogP contribution in [0.15, 0.2) is 41.4 Å². The van der Waals surface area contributed by atoms with Crippen LogP contribution in [0.25, 0.3) is 0 Å². The Morgan fingerprint density at radius 2 is 1.67 bits per heavy atom. The molecular formula is C16H12ClNO3. The molecule has 0 bridgehead atoms. The first kappa shape index (κ1) is 12.5. The van der Waals surface area contributed by atoms with Crippen LogP contribution >= 0.6 is 11.6 Å². The number of ether oxygens (including phenoxy) is 3. The van der Waals surface area contributed by atoms with Crippen LogP contribution in [0, 0.1) is 0 Å². The Labute approximate surface area is 126 Å². The van der Waals surface area contributed by atoms with Crippen LogP contribution in [-0.4, -0.2) is 25.5 Å². The maximum Gasteiger partial charge on any atom is 0.162 e. The number of nitrogens with zero attached hydrogens (tertiary/aromatic N) is 1. The summed E-state index contributed by atoms with van der Waals surface area (Å²) in [7, 11) is 0. The highest BCUT2D eigenvalue weighted by atomic mass is 35.5. The minimum atomic E-state index is 0.425. The van der Waals surface area contributed by atoms with Crippen LogP contribution in [0.2, 0.25) is 5.02 Å². The van der Waals surface area contributed by atoms with E-state index < -0.39 is 0 Å². The van der Waals surface area contributed by atoms with E-state index in [4.69, 9.17) is 25.8 Å². The van der Waals surface area contributed by atoms with Crippen molar-refractivity contribution in [1.82, 2.24) is 0 Å². The van der Waals surface area contributed by atoms with Gasteiger partial charge in [-0.1, -0.05) is 11.6 Å². The highest BCUT2D eigenvalue weighted by Gasteiger charge is 2.18. The fraction of sp³-hybridized carbons (Fsp3) is 0.188. The lowest BCUT2D eigenvalue weighted by molar-refractivity contribution is 0.171. The fourth-order valence-electron chi connectivity index (χ4n) is 2.39. The first-order chi connectivity index (χ1) is 10.3. The quantitative estimate of drug-likeness (QED) is 0.807. The number of hydrogen-bond acceptors (Lipinski definition) is 4. The number of rotatable bonds is 1. The lowest BCUT2D eigenvalue weighted by Crippen LogP contribution is -2.18. The van der Waals surface area contributed by atoms with E-state index in [0.717, 1.165) is 34.2 Å². The lowest BCUT2D eigenvalue weighted by atomic mass is 10.1. The molecule has 0 atom stereocenters. The van der Waals surface area contributed by atoms with E-state index in [9.17, 15) is 0 Å². The van der Waals surface area contributed by atoms with E-state index in [-0.39, 0.29) is 0 Å². The molecule has 2 aromatic carbocycles. The average molecular weight is 302 g/mol. The second kappa shape index (κ2) is 4.97. The second-order valence-electron chi connectivity index (χ2n) is 4.82. The smallest absolute Gasteiger partial charge is 0.162 e. The van der Waals surface area contributed by atoms with Gasteiger partial charge in [0.05, 0.1) is 5.71 Å². The molecule has 0 N–H and O–H groups in total. The number of fused-ring (bicyclic) bond motifs is 2. The van der Waals surface area contributed by atoms with Crippen molar-refractivity contribution in [1.29, 1.82) is 0 Å². The van der Waals surface area contributed by atoms with Gasteiger partial charge in [0.25, 0.3) is 0 Å². The molecule has 0 fully saturated rings. The third-order valence-electron chi connectivity index (χ3n) is 3.42. The minimum absolute atomic E-state index is 0.425. The summed E-state index contributed by atoms with van der Waals surface area (Å²) in [5, 5.41) is 0.643. The Morgan fingerprint density at radius 1 is 0.857 bits per heavy atom. The molecule has 2 heterocycles.